The fraction of sp³-hybridized carbons (Fsp3) is 0.476. The third-order valence-electron chi connectivity index (χ3n) is 5.79. The van der Waals surface area contributed by atoms with E-state index in [1.165, 1.54) is 12.2 Å². The van der Waals surface area contributed by atoms with Crippen LogP contribution in [0.4, 0.5) is 0 Å². The Labute approximate surface area is 181 Å². The lowest BCUT2D eigenvalue weighted by Crippen LogP contribution is -2.44. The van der Waals surface area contributed by atoms with Crippen molar-refractivity contribution in [2.24, 2.45) is 11.4 Å². The number of aromatic nitrogens is 1. The number of amides is 1. The normalized spacial score (nSPS) is 22.4. The molecule has 3 aliphatic heterocycles. The van der Waals surface area contributed by atoms with Gasteiger partial charge in [0.15, 0.2) is 0 Å². The number of carbonyl (C=O) groups is 2. The zero-order valence-electron chi connectivity index (χ0n) is 17.4. The molecule has 0 aromatic carbocycles. The number of carbonyl (C=O) groups excluding carboxylic acids is 2. The number of hydrogen-bond acceptors (Lipinski definition) is 6. The van der Waals surface area contributed by atoms with Gasteiger partial charge in [-0.2, -0.15) is 0 Å². The molecule has 1 fully saturated rings. The molecular formula is C21H26N4O5S. The fourth-order valence-electron chi connectivity index (χ4n) is 4.09. The predicted molar refractivity (Wildman–Crippen MR) is 115 cm³/mol. The van der Waals surface area contributed by atoms with Crippen molar-refractivity contribution in [1.82, 2.24) is 14.4 Å². The highest BCUT2D eigenvalue weighted by Crippen LogP contribution is 2.23. The van der Waals surface area contributed by atoms with Crippen LogP contribution in [-0.2, 0) is 26.6 Å². The minimum atomic E-state index is -3.43. The molecule has 0 N–H and O–H groups in total. The standard InChI is InChI=1S/C21H26N4O5S/c1-23-10-4-6-18(23)20(26)25-11-3-2-5-17(25)9-13-30-21(27)16-7-8-19-22-31(28,29)14-12-24(19)15-16/h4,6-8,10,15,17H,2-3,5,9,11-14H2,1H3. The zero-order valence-corrected chi connectivity index (χ0v) is 18.3. The first-order valence-electron chi connectivity index (χ1n) is 10.4. The van der Waals surface area contributed by atoms with Crippen LogP contribution in [0.5, 0.6) is 0 Å². The van der Waals surface area contributed by atoms with Gasteiger partial charge in [0.25, 0.3) is 15.9 Å². The highest BCUT2D eigenvalue weighted by Gasteiger charge is 2.29. The summed E-state index contributed by atoms with van der Waals surface area (Å²) >= 11 is 0. The molecule has 0 spiro atoms. The summed E-state index contributed by atoms with van der Waals surface area (Å²) in [6.45, 7) is 1.16. The van der Waals surface area contributed by atoms with Gasteiger partial charge in [0, 0.05) is 45.0 Å². The number of sulfonamides is 1. The SMILES string of the molecule is Cn1cccc1C(=O)N1CCCCC1CCOC(=O)C1=CN2CCS(=O)(=O)N=C2C=C1. The van der Waals surface area contributed by atoms with Crippen molar-refractivity contribution in [1.29, 1.82) is 0 Å². The number of ether oxygens (including phenoxy) is 1. The van der Waals surface area contributed by atoms with Crippen molar-refractivity contribution in [2.45, 2.75) is 31.7 Å². The summed E-state index contributed by atoms with van der Waals surface area (Å²) in [5.41, 5.74) is 1.00. The van der Waals surface area contributed by atoms with E-state index in [1.54, 1.807) is 11.1 Å². The molecule has 1 amide bonds. The van der Waals surface area contributed by atoms with Crippen molar-refractivity contribution in [3.8, 4) is 0 Å². The summed E-state index contributed by atoms with van der Waals surface area (Å²) in [7, 11) is -1.58. The van der Waals surface area contributed by atoms with E-state index >= 15 is 0 Å². The van der Waals surface area contributed by atoms with Crippen molar-refractivity contribution in [3.63, 3.8) is 0 Å². The third kappa shape index (κ3) is 4.73. The van der Waals surface area contributed by atoms with Crippen LogP contribution >= 0.6 is 0 Å². The van der Waals surface area contributed by atoms with Gasteiger partial charge in [-0.1, -0.05) is 0 Å². The Balaban J connectivity index is 1.34. The van der Waals surface area contributed by atoms with Gasteiger partial charge in [0.2, 0.25) is 0 Å². The molecular weight excluding hydrogens is 420 g/mol. The second kappa shape index (κ2) is 8.70. The molecule has 0 saturated carbocycles. The number of aryl methyl sites for hydroxylation is 1. The lowest BCUT2D eigenvalue weighted by Gasteiger charge is -2.35. The maximum absolute atomic E-state index is 12.9. The minimum absolute atomic E-state index is 0.00770. The zero-order chi connectivity index (χ0) is 22.0. The summed E-state index contributed by atoms with van der Waals surface area (Å²) < 4.78 is 34.2. The predicted octanol–water partition coefficient (Wildman–Crippen LogP) is 1.45. The minimum Gasteiger partial charge on any atom is -0.462 e. The quantitative estimate of drug-likeness (QED) is 0.635. The average molecular weight is 447 g/mol. The van der Waals surface area contributed by atoms with Crippen molar-refractivity contribution >= 4 is 27.7 Å². The highest BCUT2D eigenvalue weighted by molar-refractivity contribution is 7.90. The Morgan fingerprint density at radius 3 is 2.84 bits per heavy atom. The van der Waals surface area contributed by atoms with E-state index < -0.39 is 16.0 Å². The maximum Gasteiger partial charge on any atom is 0.339 e. The van der Waals surface area contributed by atoms with E-state index in [0.717, 1.165) is 19.3 Å². The van der Waals surface area contributed by atoms with Gasteiger partial charge in [-0.25, -0.2) is 13.2 Å². The number of piperidine rings is 1. The van der Waals surface area contributed by atoms with Crippen LogP contribution in [-0.4, -0.2) is 72.0 Å². The lowest BCUT2D eigenvalue weighted by atomic mass is 9.99. The first kappa shape index (κ1) is 21.4. The average Bonchev–Trinajstić information content (AvgIpc) is 3.18. The number of amidine groups is 1. The molecule has 0 bridgehead atoms. The van der Waals surface area contributed by atoms with Crippen molar-refractivity contribution < 1.29 is 22.7 Å². The maximum atomic E-state index is 12.9. The van der Waals surface area contributed by atoms with Crippen LogP contribution in [0.3, 0.4) is 0 Å². The van der Waals surface area contributed by atoms with E-state index in [2.05, 4.69) is 4.40 Å². The van der Waals surface area contributed by atoms with Crippen LogP contribution in [0, 0.1) is 0 Å². The molecule has 9 nitrogen and oxygen atoms in total. The number of nitrogens with zero attached hydrogens (tertiary/aromatic N) is 4. The monoisotopic (exact) mass is 446 g/mol. The summed E-state index contributed by atoms with van der Waals surface area (Å²) in [5.74, 6) is -0.247. The van der Waals surface area contributed by atoms with Gasteiger partial charge in [0.05, 0.1) is 17.9 Å². The molecule has 1 saturated heterocycles. The van der Waals surface area contributed by atoms with E-state index in [-0.39, 0.29) is 30.9 Å². The van der Waals surface area contributed by atoms with Crippen molar-refractivity contribution in [3.05, 3.63) is 47.9 Å². The van der Waals surface area contributed by atoms with Crippen molar-refractivity contribution in [2.75, 3.05) is 25.4 Å². The lowest BCUT2D eigenvalue weighted by molar-refractivity contribution is -0.139. The van der Waals surface area contributed by atoms with E-state index in [4.69, 9.17) is 4.74 Å². The topological polar surface area (TPSA) is 101 Å². The van der Waals surface area contributed by atoms with Gasteiger partial charge in [-0.15, -0.1) is 4.40 Å². The Morgan fingerprint density at radius 1 is 1.23 bits per heavy atom. The summed E-state index contributed by atoms with van der Waals surface area (Å²) in [4.78, 5) is 28.9. The molecule has 4 rings (SSSR count). The van der Waals surface area contributed by atoms with E-state index in [9.17, 15) is 18.0 Å². The van der Waals surface area contributed by atoms with E-state index in [1.807, 2.05) is 34.8 Å². The Bertz CT molecular complexity index is 1070. The summed E-state index contributed by atoms with van der Waals surface area (Å²) in [5, 5.41) is 0. The number of fused-ring (bicyclic) bond motifs is 1. The molecule has 0 radical (unpaired) electrons. The molecule has 166 valence electrons. The molecule has 1 unspecified atom stereocenters. The summed E-state index contributed by atoms with van der Waals surface area (Å²) in [6, 6.07) is 3.71. The van der Waals surface area contributed by atoms with Crippen LogP contribution in [0.25, 0.3) is 0 Å². The molecule has 1 aromatic heterocycles. The Kier molecular flexibility index (Phi) is 5.99. The first-order valence-corrected chi connectivity index (χ1v) is 12.0. The van der Waals surface area contributed by atoms with Gasteiger partial charge in [-0.05, 0) is 43.5 Å². The van der Waals surface area contributed by atoms with Gasteiger partial charge in [0.1, 0.15) is 11.5 Å². The van der Waals surface area contributed by atoms with Crippen LogP contribution in [0.1, 0.15) is 36.2 Å². The number of hydrogen-bond donors (Lipinski definition) is 0. The van der Waals surface area contributed by atoms with Gasteiger partial charge in [-0.3, -0.25) is 4.79 Å². The Morgan fingerprint density at radius 2 is 2.06 bits per heavy atom. The molecule has 1 aromatic rings. The van der Waals surface area contributed by atoms with Gasteiger partial charge >= 0.3 is 5.97 Å². The molecule has 10 heteroatoms. The first-order chi connectivity index (χ1) is 14.8. The second-order valence-corrected chi connectivity index (χ2v) is 9.68. The number of likely N-dealkylation sites (tertiary alicyclic amines) is 1. The largest absolute Gasteiger partial charge is 0.462 e. The Hall–Kier alpha value is -2.88. The molecule has 31 heavy (non-hydrogen) atoms. The molecule has 3 aliphatic rings. The van der Waals surface area contributed by atoms with E-state index in [0.29, 0.717) is 30.1 Å². The van der Waals surface area contributed by atoms with Gasteiger partial charge < -0.3 is 19.1 Å². The van der Waals surface area contributed by atoms with Crippen LogP contribution in [0.2, 0.25) is 0 Å². The number of rotatable bonds is 5. The van der Waals surface area contributed by atoms with Crippen LogP contribution in [0.15, 0.2) is 46.7 Å². The van der Waals surface area contributed by atoms with Crippen LogP contribution < -0.4 is 0 Å². The second-order valence-electron chi connectivity index (χ2n) is 7.92. The third-order valence-corrected chi connectivity index (χ3v) is 6.96. The highest BCUT2D eigenvalue weighted by atomic mass is 32.2. The number of esters is 1. The molecule has 0 aliphatic carbocycles. The fourth-order valence-corrected chi connectivity index (χ4v) is 5.06. The summed E-state index contributed by atoms with van der Waals surface area (Å²) in [6.07, 6.45) is 9.93. The smallest absolute Gasteiger partial charge is 0.339 e. The molecule has 1 atom stereocenters. The molecule has 4 heterocycles.